The monoisotopic (exact) mass is 513 g/mol. The lowest BCUT2D eigenvalue weighted by molar-refractivity contribution is -0.124. The Labute approximate surface area is 224 Å². The summed E-state index contributed by atoms with van der Waals surface area (Å²) in [6, 6.07) is -0.798. The van der Waals surface area contributed by atoms with E-state index in [1.54, 1.807) is 0 Å². The van der Waals surface area contributed by atoms with E-state index in [9.17, 15) is 20.1 Å². The molecule has 5 heteroatoms. The average molecular weight is 514 g/mol. The Morgan fingerprint density at radius 1 is 0.583 bits per heavy atom. The predicted molar refractivity (Wildman–Crippen MR) is 153 cm³/mol. The Morgan fingerprint density at radius 2 is 0.944 bits per heavy atom. The maximum Gasteiger partial charge on any atom is 0.220 e. The van der Waals surface area contributed by atoms with Crippen molar-refractivity contribution in [3.8, 4) is 0 Å². The van der Waals surface area contributed by atoms with Crippen molar-refractivity contribution in [1.29, 1.82) is 0 Å². The van der Waals surface area contributed by atoms with E-state index in [0.29, 0.717) is 12.8 Å². The van der Waals surface area contributed by atoms with Gasteiger partial charge in [0.15, 0.2) is 0 Å². The summed E-state index contributed by atoms with van der Waals surface area (Å²) >= 11 is 0. The van der Waals surface area contributed by atoms with Crippen molar-refractivity contribution in [1.82, 2.24) is 5.32 Å². The second-order valence-electron chi connectivity index (χ2n) is 11.0. The van der Waals surface area contributed by atoms with Crippen LogP contribution >= 0.6 is 0 Å². The molecule has 0 heterocycles. The van der Waals surface area contributed by atoms with Crippen LogP contribution in [0, 0.1) is 0 Å². The third-order valence-corrected chi connectivity index (χ3v) is 7.46. The Bertz CT molecular complexity index is 460. The van der Waals surface area contributed by atoms with Crippen molar-refractivity contribution in [2.75, 3.05) is 6.61 Å². The van der Waals surface area contributed by atoms with E-state index in [1.807, 2.05) is 0 Å². The fourth-order valence-electron chi connectivity index (χ4n) is 4.92. The molecule has 3 atom stereocenters. The van der Waals surface area contributed by atoms with E-state index < -0.39 is 18.2 Å². The van der Waals surface area contributed by atoms with Crippen LogP contribution in [0.25, 0.3) is 0 Å². The minimum Gasteiger partial charge on any atom is -0.394 e. The predicted octanol–water partition coefficient (Wildman–Crippen LogP) is 7.59. The number of nitrogens with one attached hydrogen (secondary N) is 1. The highest BCUT2D eigenvalue weighted by molar-refractivity contribution is 5.76. The summed E-state index contributed by atoms with van der Waals surface area (Å²) in [5.74, 6) is -0.148. The highest BCUT2D eigenvalue weighted by atomic mass is 16.3. The van der Waals surface area contributed by atoms with Crippen molar-refractivity contribution in [3.05, 3.63) is 0 Å². The summed E-state index contributed by atoms with van der Waals surface area (Å²) in [5, 5.41) is 33.1. The molecule has 0 radical (unpaired) electrons. The van der Waals surface area contributed by atoms with Gasteiger partial charge in [-0.15, -0.1) is 0 Å². The molecule has 0 aliphatic rings. The lowest BCUT2D eigenvalue weighted by atomic mass is 9.99. The molecule has 3 unspecified atom stereocenters. The largest absolute Gasteiger partial charge is 0.394 e. The normalized spacial score (nSPS) is 14.0. The van der Waals surface area contributed by atoms with Crippen LogP contribution in [0.1, 0.15) is 168 Å². The first kappa shape index (κ1) is 35.4. The van der Waals surface area contributed by atoms with E-state index >= 15 is 0 Å². The molecule has 0 saturated heterocycles. The van der Waals surface area contributed by atoms with Crippen LogP contribution in [0.15, 0.2) is 0 Å². The molecule has 36 heavy (non-hydrogen) atoms. The molecule has 5 nitrogen and oxygen atoms in total. The van der Waals surface area contributed by atoms with E-state index in [0.717, 1.165) is 38.5 Å². The van der Waals surface area contributed by atoms with Crippen LogP contribution in [0.4, 0.5) is 0 Å². The lowest BCUT2D eigenvalue weighted by Crippen LogP contribution is -2.50. The molecule has 1 amide bonds. The molecular weight excluding hydrogens is 450 g/mol. The number of hydrogen-bond acceptors (Lipinski definition) is 4. The number of hydrogen-bond donors (Lipinski definition) is 4. The van der Waals surface area contributed by atoms with Gasteiger partial charge in [-0.1, -0.05) is 149 Å². The summed E-state index contributed by atoms with van der Waals surface area (Å²) in [6.07, 6.45) is 26.1. The highest BCUT2D eigenvalue weighted by Crippen LogP contribution is 2.15. The number of unbranched alkanes of at least 4 members (excludes halogenated alkanes) is 20. The van der Waals surface area contributed by atoms with Gasteiger partial charge in [0.1, 0.15) is 6.10 Å². The van der Waals surface area contributed by atoms with Crippen LogP contribution < -0.4 is 5.32 Å². The van der Waals surface area contributed by atoms with Gasteiger partial charge in [-0.25, -0.2) is 0 Å². The first-order valence-corrected chi connectivity index (χ1v) is 15.8. The van der Waals surface area contributed by atoms with Crippen LogP contribution in [-0.4, -0.2) is 46.1 Å². The molecule has 0 aromatic heterocycles. The number of carbonyl (C=O) groups is 1. The molecular formula is C31H63NO4. The zero-order chi connectivity index (χ0) is 26.7. The third-order valence-electron chi connectivity index (χ3n) is 7.46. The van der Waals surface area contributed by atoms with Gasteiger partial charge in [-0.05, 0) is 12.8 Å². The number of carbonyl (C=O) groups excluding carboxylic acids is 1. The van der Waals surface area contributed by atoms with Crippen LogP contribution in [0.5, 0.6) is 0 Å². The van der Waals surface area contributed by atoms with Crippen molar-refractivity contribution in [2.24, 2.45) is 0 Å². The lowest BCUT2D eigenvalue weighted by Gasteiger charge is -2.26. The van der Waals surface area contributed by atoms with E-state index in [2.05, 4.69) is 19.2 Å². The number of amides is 1. The molecule has 0 aromatic rings. The van der Waals surface area contributed by atoms with Crippen LogP contribution in [0.3, 0.4) is 0 Å². The van der Waals surface area contributed by atoms with Crippen LogP contribution in [0.2, 0.25) is 0 Å². The first-order valence-electron chi connectivity index (χ1n) is 15.8. The van der Waals surface area contributed by atoms with Gasteiger partial charge >= 0.3 is 0 Å². The van der Waals surface area contributed by atoms with Crippen molar-refractivity contribution in [3.63, 3.8) is 0 Å². The average Bonchev–Trinajstić information content (AvgIpc) is 2.88. The second kappa shape index (κ2) is 27.4. The molecule has 0 rings (SSSR count). The topological polar surface area (TPSA) is 89.8 Å². The zero-order valence-corrected chi connectivity index (χ0v) is 24.2. The fourth-order valence-corrected chi connectivity index (χ4v) is 4.92. The van der Waals surface area contributed by atoms with Gasteiger partial charge in [-0.2, -0.15) is 0 Å². The molecule has 216 valence electrons. The van der Waals surface area contributed by atoms with Gasteiger partial charge in [-0.3, -0.25) is 4.79 Å². The molecule has 0 aliphatic heterocycles. The quantitative estimate of drug-likeness (QED) is 0.0811. The Morgan fingerprint density at radius 3 is 1.33 bits per heavy atom. The maximum absolute atomic E-state index is 12.2. The van der Waals surface area contributed by atoms with Crippen molar-refractivity contribution < 1.29 is 20.1 Å². The number of aliphatic hydroxyl groups excluding tert-OH is 3. The standard InChI is InChI=1S/C31H63NO4/c1-3-5-7-9-11-13-15-16-17-19-21-23-25-29(34)31(36)28(27-33)32-30(35)26-24-22-20-18-14-12-10-8-6-4-2/h28-29,31,33-34,36H,3-27H2,1-2H3,(H,32,35). The summed E-state index contributed by atoms with van der Waals surface area (Å²) < 4.78 is 0. The summed E-state index contributed by atoms with van der Waals surface area (Å²) in [7, 11) is 0. The molecule has 0 fully saturated rings. The first-order chi connectivity index (χ1) is 17.6. The molecule has 4 N–H and O–H groups in total. The van der Waals surface area contributed by atoms with Crippen molar-refractivity contribution >= 4 is 5.91 Å². The zero-order valence-electron chi connectivity index (χ0n) is 24.2. The van der Waals surface area contributed by atoms with Crippen molar-refractivity contribution in [2.45, 2.75) is 186 Å². The SMILES string of the molecule is CCCCCCCCCCCCCCC(O)C(O)C(CO)NC(=O)CCCCCCCCCCCC. The van der Waals surface area contributed by atoms with Gasteiger partial charge in [0.2, 0.25) is 5.91 Å². The van der Waals surface area contributed by atoms with E-state index in [-0.39, 0.29) is 12.5 Å². The second-order valence-corrected chi connectivity index (χ2v) is 11.0. The molecule has 0 spiro atoms. The fraction of sp³-hybridized carbons (Fsp3) is 0.968. The summed E-state index contributed by atoms with van der Waals surface area (Å²) in [5.41, 5.74) is 0. The van der Waals surface area contributed by atoms with Gasteiger partial charge in [0, 0.05) is 6.42 Å². The minimum absolute atomic E-state index is 0.148. The van der Waals surface area contributed by atoms with Gasteiger partial charge in [0.05, 0.1) is 18.8 Å². The Kier molecular flexibility index (Phi) is 26.9. The van der Waals surface area contributed by atoms with Gasteiger partial charge < -0.3 is 20.6 Å². The Balaban J connectivity index is 3.74. The molecule has 0 bridgehead atoms. The molecule has 0 saturated carbocycles. The summed E-state index contributed by atoms with van der Waals surface area (Å²) in [4.78, 5) is 12.2. The summed E-state index contributed by atoms with van der Waals surface area (Å²) in [6.45, 7) is 4.13. The van der Waals surface area contributed by atoms with Crippen LogP contribution in [-0.2, 0) is 4.79 Å². The minimum atomic E-state index is -1.13. The highest BCUT2D eigenvalue weighted by Gasteiger charge is 2.26. The third kappa shape index (κ3) is 22.5. The smallest absolute Gasteiger partial charge is 0.220 e. The van der Waals surface area contributed by atoms with E-state index in [1.165, 1.54) is 103 Å². The van der Waals surface area contributed by atoms with E-state index in [4.69, 9.17) is 0 Å². The van der Waals surface area contributed by atoms with Gasteiger partial charge in [0.25, 0.3) is 0 Å². The number of aliphatic hydroxyl groups is 3. The Hall–Kier alpha value is -0.650. The maximum atomic E-state index is 12.2. The molecule has 0 aromatic carbocycles. The molecule has 0 aliphatic carbocycles. The number of rotatable bonds is 28.